The second-order valence-corrected chi connectivity index (χ2v) is 4.70. The van der Waals surface area contributed by atoms with Crippen molar-refractivity contribution in [3.05, 3.63) is 65.0 Å². The van der Waals surface area contributed by atoms with Crippen molar-refractivity contribution < 1.29 is 0 Å². The van der Waals surface area contributed by atoms with Gasteiger partial charge in [-0.1, -0.05) is 42.8 Å². The van der Waals surface area contributed by atoms with E-state index in [2.05, 4.69) is 61.4 Å². The van der Waals surface area contributed by atoms with Gasteiger partial charge in [0, 0.05) is 12.4 Å². The molecule has 1 N–H and O–H groups in total. The van der Waals surface area contributed by atoms with Crippen LogP contribution in [0.3, 0.4) is 0 Å². The van der Waals surface area contributed by atoms with Gasteiger partial charge in [0.15, 0.2) is 0 Å². The van der Waals surface area contributed by atoms with Crippen molar-refractivity contribution in [3.63, 3.8) is 0 Å². The molecule has 2 rings (SSSR count). The van der Waals surface area contributed by atoms with Gasteiger partial charge < -0.3 is 5.32 Å². The molecule has 94 valence electrons. The quantitative estimate of drug-likeness (QED) is 0.886. The number of aromatic nitrogens is 1. The summed E-state index contributed by atoms with van der Waals surface area (Å²) in [6.45, 7) is 7.27. The molecule has 2 heteroatoms. The monoisotopic (exact) mass is 240 g/mol. The van der Waals surface area contributed by atoms with Gasteiger partial charge in [-0.2, -0.15) is 0 Å². The summed E-state index contributed by atoms with van der Waals surface area (Å²) in [4.78, 5) is 4.30. The van der Waals surface area contributed by atoms with Crippen molar-refractivity contribution in [2.45, 2.75) is 26.8 Å². The van der Waals surface area contributed by atoms with Crippen LogP contribution >= 0.6 is 0 Å². The Balaban J connectivity index is 2.39. The first kappa shape index (κ1) is 12.8. The number of aryl methyl sites for hydroxylation is 2. The molecule has 0 fully saturated rings. The van der Waals surface area contributed by atoms with Crippen LogP contribution < -0.4 is 5.32 Å². The molecule has 1 aromatic heterocycles. The SMILES string of the molecule is CCNC(c1cccc(C)c1)c1cncc(C)c1. The fraction of sp³-hybridized carbons (Fsp3) is 0.312. The molecular formula is C16H20N2. The molecule has 0 radical (unpaired) electrons. The summed E-state index contributed by atoms with van der Waals surface area (Å²) >= 11 is 0. The topological polar surface area (TPSA) is 24.9 Å². The number of hydrogen-bond acceptors (Lipinski definition) is 2. The second kappa shape index (κ2) is 5.78. The summed E-state index contributed by atoms with van der Waals surface area (Å²) in [5, 5.41) is 3.53. The van der Waals surface area contributed by atoms with Gasteiger partial charge >= 0.3 is 0 Å². The number of benzene rings is 1. The molecule has 1 heterocycles. The number of nitrogens with one attached hydrogen (secondary N) is 1. The number of nitrogens with zero attached hydrogens (tertiary/aromatic N) is 1. The number of hydrogen-bond donors (Lipinski definition) is 1. The third-order valence-corrected chi connectivity index (χ3v) is 3.01. The van der Waals surface area contributed by atoms with Crippen molar-refractivity contribution >= 4 is 0 Å². The van der Waals surface area contributed by atoms with Crippen molar-refractivity contribution in [2.24, 2.45) is 0 Å². The molecule has 0 aliphatic rings. The molecule has 0 aliphatic carbocycles. The minimum atomic E-state index is 0.224. The molecule has 0 saturated heterocycles. The van der Waals surface area contributed by atoms with E-state index in [-0.39, 0.29) is 6.04 Å². The van der Waals surface area contributed by atoms with Crippen LogP contribution in [0.15, 0.2) is 42.7 Å². The average Bonchev–Trinajstić information content (AvgIpc) is 2.36. The molecule has 2 aromatic rings. The summed E-state index contributed by atoms with van der Waals surface area (Å²) in [6.07, 6.45) is 3.84. The highest BCUT2D eigenvalue weighted by Crippen LogP contribution is 2.22. The molecule has 0 saturated carbocycles. The normalized spacial score (nSPS) is 12.4. The van der Waals surface area contributed by atoms with E-state index in [0.29, 0.717) is 0 Å². The Morgan fingerprint density at radius 1 is 1.06 bits per heavy atom. The molecule has 1 atom stereocenters. The fourth-order valence-electron chi connectivity index (χ4n) is 2.22. The first-order valence-corrected chi connectivity index (χ1v) is 6.42. The lowest BCUT2D eigenvalue weighted by atomic mass is 9.98. The number of pyridine rings is 1. The van der Waals surface area contributed by atoms with Gasteiger partial charge in [-0.05, 0) is 37.1 Å². The third kappa shape index (κ3) is 2.96. The maximum Gasteiger partial charge on any atom is 0.0592 e. The Labute approximate surface area is 109 Å². The summed E-state index contributed by atoms with van der Waals surface area (Å²) < 4.78 is 0. The second-order valence-electron chi connectivity index (χ2n) is 4.70. The lowest BCUT2D eigenvalue weighted by Gasteiger charge is -2.19. The number of rotatable bonds is 4. The van der Waals surface area contributed by atoms with Gasteiger partial charge in [-0.15, -0.1) is 0 Å². The predicted octanol–water partition coefficient (Wildman–Crippen LogP) is 3.40. The van der Waals surface area contributed by atoms with Crippen LogP contribution in [0.25, 0.3) is 0 Å². The standard InChI is InChI=1S/C16H20N2/c1-4-18-16(14-7-5-6-12(2)8-14)15-9-13(3)10-17-11-15/h5-11,16,18H,4H2,1-3H3. The van der Waals surface area contributed by atoms with Gasteiger partial charge in [-0.25, -0.2) is 0 Å². The van der Waals surface area contributed by atoms with E-state index < -0.39 is 0 Å². The third-order valence-electron chi connectivity index (χ3n) is 3.01. The first-order chi connectivity index (χ1) is 8.70. The average molecular weight is 240 g/mol. The maximum atomic E-state index is 4.30. The summed E-state index contributed by atoms with van der Waals surface area (Å²) in [7, 11) is 0. The van der Waals surface area contributed by atoms with Crippen LogP contribution in [0.2, 0.25) is 0 Å². The van der Waals surface area contributed by atoms with E-state index >= 15 is 0 Å². The highest BCUT2D eigenvalue weighted by molar-refractivity contribution is 5.34. The van der Waals surface area contributed by atoms with Crippen LogP contribution in [0.1, 0.15) is 35.2 Å². The van der Waals surface area contributed by atoms with Crippen molar-refractivity contribution in [3.8, 4) is 0 Å². The van der Waals surface area contributed by atoms with Crippen LogP contribution in [-0.4, -0.2) is 11.5 Å². The van der Waals surface area contributed by atoms with Gasteiger partial charge in [-0.3, -0.25) is 4.98 Å². The Kier molecular flexibility index (Phi) is 4.11. The zero-order valence-electron chi connectivity index (χ0n) is 11.3. The Morgan fingerprint density at radius 2 is 1.83 bits per heavy atom. The zero-order chi connectivity index (χ0) is 13.0. The lowest BCUT2D eigenvalue weighted by Crippen LogP contribution is -2.22. The molecule has 1 unspecified atom stereocenters. The van der Waals surface area contributed by atoms with Crippen LogP contribution in [0, 0.1) is 13.8 Å². The fourth-order valence-corrected chi connectivity index (χ4v) is 2.22. The first-order valence-electron chi connectivity index (χ1n) is 6.42. The maximum absolute atomic E-state index is 4.30. The highest BCUT2D eigenvalue weighted by atomic mass is 14.9. The van der Waals surface area contributed by atoms with E-state index in [1.807, 2.05) is 12.4 Å². The largest absolute Gasteiger partial charge is 0.306 e. The van der Waals surface area contributed by atoms with Crippen LogP contribution in [-0.2, 0) is 0 Å². The smallest absolute Gasteiger partial charge is 0.0592 e. The minimum Gasteiger partial charge on any atom is -0.306 e. The predicted molar refractivity (Wildman–Crippen MR) is 75.7 cm³/mol. The molecule has 1 aromatic carbocycles. The summed E-state index contributed by atoms with van der Waals surface area (Å²) in [6, 6.07) is 11.1. The lowest BCUT2D eigenvalue weighted by molar-refractivity contribution is 0.628. The van der Waals surface area contributed by atoms with E-state index in [0.717, 1.165) is 6.54 Å². The van der Waals surface area contributed by atoms with Crippen molar-refractivity contribution in [1.82, 2.24) is 10.3 Å². The Bertz CT molecular complexity index is 475. The molecule has 2 nitrogen and oxygen atoms in total. The van der Waals surface area contributed by atoms with E-state index in [1.54, 1.807) is 0 Å². The molecule has 18 heavy (non-hydrogen) atoms. The van der Waals surface area contributed by atoms with Crippen LogP contribution in [0.5, 0.6) is 0 Å². The zero-order valence-corrected chi connectivity index (χ0v) is 11.3. The van der Waals surface area contributed by atoms with E-state index in [1.165, 1.54) is 22.3 Å². The van der Waals surface area contributed by atoms with Crippen molar-refractivity contribution in [2.75, 3.05) is 6.54 Å². The van der Waals surface area contributed by atoms with E-state index in [4.69, 9.17) is 0 Å². The Morgan fingerprint density at radius 3 is 2.50 bits per heavy atom. The van der Waals surface area contributed by atoms with Gasteiger partial charge in [0.1, 0.15) is 0 Å². The van der Waals surface area contributed by atoms with Crippen molar-refractivity contribution in [1.29, 1.82) is 0 Å². The van der Waals surface area contributed by atoms with Gasteiger partial charge in [0.05, 0.1) is 6.04 Å². The molecule has 0 aliphatic heterocycles. The Hall–Kier alpha value is -1.67. The molecule has 0 spiro atoms. The minimum absolute atomic E-state index is 0.224. The van der Waals surface area contributed by atoms with Gasteiger partial charge in [0.2, 0.25) is 0 Å². The molecule has 0 amide bonds. The van der Waals surface area contributed by atoms with Gasteiger partial charge in [0.25, 0.3) is 0 Å². The highest BCUT2D eigenvalue weighted by Gasteiger charge is 2.13. The molecule has 0 bridgehead atoms. The van der Waals surface area contributed by atoms with E-state index in [9.17, 15) is 0 Å². The summed E-state index contributed by atoms with van der Waals surface area (Å²) in [5.74, 6) is 0. The molecular weight excluding hydrogens is 220 g/mol. The summed E-state index contributed by atoms with van der Waals surface area (Å²) in [5.41, 5.74) is 5.01. The van der Waals surface area contributed by atoms with Crippen LogP contribution in [0.4, 0.5) is 0 Å².